The number of aliphatic hydroxyl groups excluding tert-OH is 4. The molecule has 2 aromatic rings. The minimum atomic E-state index is -0.151. The molecule has 168 valence electrons. The minimum Gasteiger partial charge on any atom is -0.508 e. The number of phenolic OH excluding ortho intramolecular Hbond substituents is 2. The van der Waals surface area contributed by atoms with E-state index in [0.29, 0.717) is 0 Å². The van der Waals surface area contributed by atoms with E-state index in [-0.39, 0.29) is 75.2 Å². The van der Waals surface area contributed by atoms with E-state index in [1.54, 1.807) is 24.3 Å². The molecule has 0 bridgehead atoms. The molecule has 8 heteroatoms. The summed E-state index contributed by atoms with van der Waals surface area (Å²) in [6.07, 6.45) is 0. The van der Waals surface area contributed by atoms with Crippen LogP contribution < -0.4 is 0 Å². The van der Waals surface area contributed by atoms with Crippen molar-refractivity contribution in [1.29, 1.82) is 0 Å². The second-order valence-electron chi connectivity index (χ2n) is 4.72. The summed E-state index contributed by atoms with van der Waals surface area (Å²) in [6.45, 7) is 4.23. The van der Waals surface area contributed by atoms with E-state index in [9.17, 15) is 10.2 Å². The van der Waals surface area contributed by atoms with Crippen molar-refractivity contribution in [3.8, 4) is 11.5 Å². The van der Waals surface area contributed by atoms with E-state index in [1.807, 2.05) is 24.3 Å². The van der Waals surface area contributed by atoms with Crippen LogP contribution in [0.4, 0.5) is 0 Å². The van der Waals surface area contributed by atoms with Crippen LogP contribution in [-0.2, 0) is 48.9 Å². The summed E-state index contributed by atoms with van der Waals surface area (Å²) in [5.74, 6) is 0.547. The standard InChI is InChI=1S/C15H16O2.4CH4O.2CH3.2Ti/c1-15(2,11-3-7-13(16)8-4-11)12-5-9-14(17)10-6-12;4*1-2;;;;/h3-10,16-17H,1-2H3;4*2H,1H3;2*1H3;;/q;;;;;2*-1;;. The van der Waals surface area contributed by atoms with Crippen molar-refractivity contribution in [2.45, 2.75) is 19.3 Å². The van der Waals surface area contributed by atoms with E-state index in [2.05, 4.69) is 13.8 Å². The Morgan fingerprint density at radius 2 is 0.655 bits per heavy atom. The summed E-state index contributed by atoms with van der Waals surface area (Å²) < 4.78 is 0. The predicted molar refractivity (Wildman–Crippen MR) is 114 cm³/mol. The van der Waals surface area contributed by atoms with Gasteiger partial charge in [-0.25, -0.2) is 0 Å². The number of phenols is 2. The number of hydrogen-bond donors (Lipinski definition) is 6. The van der Waals surface area contributed by atoms with Crippen molar-refractivity contribution in [3.63, 3.8) is 0 Å². The minimum absolute atomic E-state index is 0. The van der Waals surface area contributed by atoms with E-state index >= 15 is 0 Å². The summed E-state index contributed by atoms with van der Waals surface area (Å²) in [7, 11) is 4.00. The second kappa shape index (κ2) is 29.5. The van der Waals surface area contributed by atoms with Crippen LogP contribution in [0.1, 0.15) is 25.0 Å². The van der Waals surface area contributed by atoms with Gasteiger partial charge in [-0.3, -0.25) is 0 Å². The Labute approximate surface area is 207 Å². The average molecular weight is 482 g/mol. The zero-order valence-electron chi connectivity index (χ0n) is 18.8. The first kappa shape index (κ1) is 46.5. The molecule has 0 amide bonds. The molecule has 0 atom stereocenters. The van der Waals surface area contributed by atoms with E-state index in [1.165, 1.54) is 0 Å². The van der Waals surface area contributed by atoms with Gasteiger partial charge in [0.15, 0.2) is 0 Å². The molecular formula is C21H38O6Ti2-2. The van der Waals surface area contributed by atoms with Gasteiger partial charge in [0.25, 0.3) is 0 Å². The largest absolute Gasteiger partial charge is 0.508 e. The first-order chi connectivity index (χ1) is 12.0. The molecule has 0 radical (unpaired) electrons. The van der Waals surface area contributed by atoms with Gasteiger partial charge in [-0.2, -0.15) is 0 Å². The van der Waals surface area contributed by atoms with Crippen molar-refractivity contribution >= 4 is 0 Å². The molecule has 0 aromatic heterocycles. The molecule has 0 saturated carbocycles. The molecule has 2 rings (SSSR count). The number of aliphatic hydroxyl groups is 4. The molecule has 29 heavy (non-hydrogen) atoms. The summed E-state index contributed by atoms with van der Waals surface area (Å²) >= 11 is 0. The van der Waals surface area contributed by atoms with Gasteiger partial charge >= 0.3 is 0 Å². The third-order valence-corrected chi connectivity index (χ3v) is 3.18. The Balaban J connectivity index is -0.0000000725. The molecule has 2 aromatic carbocycles. The second-order valence-corrected chi connectivity index (χ2v) is 4.72. The van der Waals surface area contributed by atoms with Gasteiger partial charge in [0.05, 0.1) is 0 Å². The molecule has 6 N–H and O–H groups in total. The van der Waals surface area contributed by atoms with Gasteiger partial charge < -0.3 is 45.5 Å². The summed E-state index contributed by atoms with van der Waals surface area (Å²) in [5.41, 5.74) is 2.10. The van der Waals surface area contributed by atoms with Crippen molar-refractivity contribution in [2.24, 2.45) is 0 Å². The Hall–Kier alpha value is -0.691. The third-order valence-electron chi connectivity index (χ3n) is 3.18. The predicted octanol–water partition coefficient (Wildman–Crippen LogP) is 2.75. The number of hydrogen-bond acceptors (Lipinski definition) is 6. The third kappa shape index (κ3) is 17.8. The van der Waals surface area contributed by atoms with Gasteiger partial charge in [-0.15, -0.1) is 0 Å². The quantitative estimate of drug-likeness (QED) is 0.289. The van der Waals surface area contributed by atoms with Crippen molar-refractivity contribution in [3.05, 3.63) is 74.5 Å². The van der Waals surface area contributed by atoms with Crippen LogP contribution in [0.2, 0.25) is 0 Å². The SMILES string of the molecule is CC(C)(c1ccc(O)cc1)c1ccc(O)cc1.CO.CO.CO.CO.[CH3-].[CH3-].[Ti].[Ti]. The first-order valence-electron chi connectivity index (χ1n) is 7.38. The Kier molecular flexibility index (Phi) is 47.3. The van der Waals surface area contributed by atoms with Crippen LogP contribution in [0.3, 0.4) is 0 Å². The Bertz CT molecular complexity index is 470. The first-order valence-corrected chi connectivity index (χ1v) is 7.38. The summed E-state index contributed by atoms with van der Waals surface area (Å²) in [5, 5.41) is 46.6. The number of aromatic hydroxyl groups is 2. The van der Waals surface area contributed by atoms with Gasteiger partial charge in [0.2, 0.25) is 0 Å². The van der Waals surface area contributed by atoms with Crippen LogP contribution in [0.15, 0.2) is 48.5 Å². The normalized spacial score (nSPS) is 7.52. The monoisotopic (exact) mass is 482 g/mol. The van der Waals surface area contributed by atoms with E-state index in [0.717, 1.165) is 39.6 Å². The molecule has 0 heterocycles. The average Bonchev–Trinajstić information content (AvgIpc) is 2.69. The Morgan fingerprint density at radius 3 is 0.828 bits per heavy atom. The molecule has 0 fully saturated rings. The fourth-order valence-corrected chi connectivity index (χ4v) is 1.92. The zero-order valence-corrected chi connectivity index (χ0v) is 21.9. The van der Waals surface area contributed by atoms with Crippen LogP contribution in [0.25, 0.3) is 0 Å². The maximum absolute atomic E-state index is 9.30. The van der Waals surface area contributed by atoms with Crippen LogP contribution in [0.5, 0.6) is 11.5 Å². The van der Waals surface area contributed by atoms with E-state index in [4.69, 9.17) is 20.4 Å². The zero-order chi connectivity index (χ0) is 20.5. The van der Waals surface area contributed by atoms with Crippen LogP contribution >= 0.6 is 0 Å². The molecule has 0 unspecified atom stereocenters. The van der Waals surface area contributed by atoms with Gasteiger partial charge in [-0.1, -0.05) is 38.1 Å². The fraction of sp³-hybridized carbons (Fsp3) is 0.333. The molecule has 0 spiro atoms. The van der Waals surface area contributed by atoms with Crippen molar-refractivity contribution in [1.82, 2.24) is 0 Å². The van der Waals surface area contributed by atoms with Crippen LogP contribution in [-0.4, -0.2) is 59.1 Å². The number of rotatable bonds is 2. The van der Waals surface area contributed by atoms with E-state index < -0.39 is 0 Å². The summed E-state index contributed by atoms with van der Waals surface area (Å²) in [4.78, 5) is 0. The van der Waals surface area contributed by atoms with Crippen LogP contribution in [0, 0.1) is 14.9 Å². The molecule has 0 saturated heterocycles. The molecular weight excluding hydrogens is 444 g/mol. The van der Waals surface area contributed by atoms with Crippen molar-refractivity contribution < 1.29 is 74.1 Å². The fourth-order valence-electron chi connectivity index (χ4n) is 1.92. The smallest absolute Gasteiger partial charge is 0.115 e. The maximum atomic E-state index is 9.30. The topological polar surface area (TPSA) is 121 Å². The summed E-state index contributed by atoms with van der Waals surface area (Å²) in [6, 6.07) is 14.4. The van der Waals surface area contributed by atoms with Gasteiger partial charge in [0, 0.05) is 77.3 Å². The molecule has 6 nitrogen and oxygen atoms in total. The Morgan fingerprint density at radius 1 is 0.483 bits per heavy atom. The molecule has 0 aliphatic heterocycles. The van der Waals surface area contributed by atoms with Gasteiger partial charge in [-0.05, 0) is 35.4 Å². The van der Waals surface area contributed by atoms with Gasteiger partial charge in [0.1, 0.15) is 11.5 Å². The maximum Gasteiger partial charge on any atom is 0.115 e. The molecule has 0 aliphatic rings. The van der Waals surface area contributed by atoms with Crippen molar-refractivity contribution in [2.75, 3.05) is 28.4 Å². The molecule has 0 aliphatic carbocycles. The number of benzene rings is 2.